The van der Waals surface area contributed by atoms with Gasteiger partial charge in [-0.15, -0.1) is 0 Å². The van der Waals surface area contributed by atoms with E-state index in [1.54, 1.807) is 0 Å². The number of aliphatic carboxylic acids is 1. The highest BCUT2D eigenvalue weighted by atomic mass is 19.1. The minimum atomic E-state index is -1.52. The quantitative estimate of drug-likeness (QED) is 0.823. The molecule has 2 aliphatic carbocycles. The van der Waals surface area contributed by atoms with Crippen molar-refractivity contribution in [1.29, 1.82) is 0 Å². The van der Waals surface area contributed by atoms with E-state index < -0.39 is 24.2 Å². The van der Waals surface area contributed by atoms with Crippen molar-refractivity contribution in [3.05, 3.63) is 0 Å². The number of carboxylic acid groups (broad SMARTS) is 1. The summed E-state index contributed by atoms with van der Waals surface area (Å²) in [6, 6.07) is 0. The van der Waals surface area contributed by atoms with Crippen molar-refractivity contribution < 1.29 is 18.7 Å². The van der Waals surface area contributed by atoms with Crippen molar-refractivity contribution in [2.45, 2.75) is 57.8 Å². The molecule has 2 fully saturated rings. The second-order valence-electron chi connectivity index (χ2n) is 6.15. The minimum absolute atomic E-state index is 0.0399. The summed E-state index contributed by atoms with van der Waals surface area (Å²) in [5.74, 6) is -1.61. The number of rotatable bonds is 2. The van der Waals surface area contributed by atoms with Crippen LogP contribution in [0.25, 0.3) is 0 Å². The van der Waals surface area contributed by atoms with Crippen LogP contribution >= 0.6 is 0 Å². The van der Waals surface area contributed by atoms with Gasteiger partial charge in [0.15, 0.2) is 0 Å². The largest absolute Gasteiger partial charge is 0.481 e. The molecule has 104 valence electrons. The van der Waals surface area contributed by atoms with Gasteiger partial charge in [0, 0.05) is 0 Å². The third kappa shape index (κ3) is 2.83. The first-order valence-corrected chi connectivity index (χ1v) is 7.00. The van der Waals surface area contributed by atoms with Gasteiger partial charge in [-0.1, -0.05) is 19.8 Å². The average Bonchev–Trinajstić information content (AvgIpc) is 2.28. The Balaban J connectivity index is 1.95. The lowest BCUT2D eigenvalue weighted by atomic mass is 9.68. The van der Waals surface area contributed by atoms with Gasteiger partial charge in [-0.05, 0) is 43.4 Å². The van der Waals surface area contributed by atoms with E-state index in [0.29, 0.717) is 5.92 Å². The lowest BCUT2D eigenvalue weighted by Crippen LogP contribution is -2.42. The summed E-state index contributed by atoms with van der Waals surface area (Å²) in [4.78, 5) is 10.8. The number of alkyl halides is 2. The molecule has 0 bridgehead atoms. The highest BCUT2D eigenvalue weighted by Crippen LogP contribution is 2.43. The summed E-state index contributed by atoms with van der Waals surface area (Å²) in [6.07, 6.45) is 1.79. The molecular weight excluding hydrogens is 238 g/mol. The van der Waals surface area contributed by atoms with E-state index in [1.165, 1.54) is 0 Å². The monoisotopic (exact) mass is 260 g/mol. The SMILES string of the molecule is CC1CCC(C2CC(F)C(C(=O)O)C(F)C2)CC1. The Hall–Kier alpha value is -0.670. The van der Waals surface area contributed by atoms with Gasteiger partial charge in [-0.3, -0.25) is 4.79 Å². The third-order valence-electron chi connectivity index (χ3n) is 4.85. The molecule has 18 heavy (non-hydrogen) atoms. The van der Waals surface area contributed by atoms with Crippen LogP contribution in [0.4, 0.5) is 8.78 Å². The number of halogens is 2. The van der Waals surface area contributed by atoms with E-state index in [2.05, 4.69) is 6.92 Å². The summed E-state index contributed by atoms with van der Waals surface area (Å²) < 4.78 is 27.6. The van der Waals surface area contributed by atoms with Crippen LogP contribution in [0.1, 0.15) is 45.4 Å². The van der Waals surface area contributed by atoms with Crippen LogP contribution in [0.3, 0.4) is 0 Å². The maximum Gasteiger partial charge on any atom is 0.312 e. The Kier molecular flexibility index (Phi) is 4.23. The van der Waals surface area contributed by atoms with Crippen molar-refractivity contribution >= 4 is 5.97 Å². The molecule has 2 saturated carbocycles. The van der Waals surface area contributed by atoms with Crippen molar-refractivity contribution in [1.82, 2.24) is 0 Å². The smallest absolute Gasteiger partial charge is 0.312 e. The van der Waals surface area contributed by atoms with Crippen molar-refractivity contribution in [3.63, 3.8) is 0 Å². The molecule has 0 aromatic heterocycles. The van der Waals surface area contributed by atoms with Gasteiger partial charge >= 0.3 is 5.97 Å². The molecular formula is C14H22F2O2. The van der Waals surface area contributed by atoms with Crippen molar-refractivity contribution in [2.24, 2.45) is 23.7 Å². The maximum absolute atomic E-state index is 13.8. The van der Waals surface area contributed by atoms with Crippen LogP contribution in [0, 0.1) is 23.7 Å². The van der Waals surface area contributed by atoms with Crippen LogP contribution in [0.5, 0.6) is 0 Å². The van der Waals surface area contributed by atoms with Crippen LogP contribution in [-0.2, 0) is 4.79 Å². The van der Waals surface area contributed by atoms with Gasteiger partial charge in [0.1, 0.15) is 18.3 Å². The van der Waals surface area contributed by atoms with E-state index in [1.807, 2.05) is 0 Å². The Morgan fingerprint density at radius 3 is 1.94 bits per heavy atom. The summed E-state index contributed by atoms with van der Waals surface area (Å²) in [5.41, 5.74) is 0. The molecule has 2 nitrogen and oxygen atoms in total. The summed E-state index contributed by atoms with van der Waals surface area (Å²) in [7, 11) is 0. The van der Waals surface area contributed by atoms with Crippen LogP contribution in [-0.4, -0.2) is 23.4 Å². The molecule has 0 heterocycles. The summed E-state index contributed by atoms with van der Waals surface area (Å²) in [6.45, 7) is 2.22. The highest BCUT2D eigenvalue weighted by Gasteiger charge is 2.45. The maximum atomic E-state index is 13.8. The normalized spacial score (nSPS) is 45.7. The standard InChI is InChI=1S/C14H22F2O2/c1-8-2-4-9(5-3-8)10-6-11(15)13(14(17)18)12(16)7-10/h8-13H,2-7H2,1H3,(H,17,18). The molecule has 2 atom stereocenters. The molecule has 0 aliphatic heterocycles. The Labute approximate surface area is 107 Å². The van der Waals surface area contributed by atoms with Crippen LogP contribution < -0.4 is 0 Å². The van der Waals surface area contributed by atoms with E-state index >= 15 is 0 Å². The predicted molar refractivity (Wildman–Crippen MR) is 64.8 cm³/mol. The van der Waals surface area contributed by atoms with Crippen LogP contribution in [0.15, 0.2) is 0 Å². The minimum Gasteiger partial charge on any atom is -0.481 e. The fourth-order valence-electron chi connectivity index (χ4n) is 3.65. The molecule has 0 spiro atoms. The van der Waals surface area contributed by atoms with Gasteiger partial charge < -0.3 is 5.11 Å². The lowest BCUT2D eigenvalue weighted by molar-refractivity contribution is -0.150. The number of carboxylic acids is 1. The predicted octanol–water partition coefficient (Wildman–Crippen LogP) is 3.60. The molecule has 2 unspecified atom stereocenters. The average molecular weight is 260 g/mol. The zero-order chi connectivity index (χ0) is 13.3. The van der Waals surface area contributed by atoms with E-state index in [0.717, 1.165) is 31.6 Å². The Morgan fingerprint density at radius 1 is 1.00 bits per heavy atom. The van der Waals surface area contributed by atoms with Gasteiger partial charge in [0.25, 0.3) is 0 Å². The fraction of sp³-hybridized carbons (Fsp3) is 0.929. The lowest BCUT2D eigenvalue weighted by Gasteiger charge is -2.39. The molecule has 1 N–H and O–H groups in total. The Bertz CT molecular complexity index is 288. The van der Waals surface area contributed by atoms with Crippen molar-refractivity contribution in [2.75, 3.05) is 0 Å². The molecule has 4 heteroatoms. The van der Waals surface area contributed by atoms with E-state index in [-0.39, 0.29) is 18.8 Å². The third-order valence-corrected chi connectivity index (χ3v) is 4.85. The number of hydrogen-bond acceptors (Lipinski definition) is 1. The molecule has 2 rings (SSSR count). The topological polar surface area (TPSA) is 37.3 Å². The molecule has 0 amide bonds. The van der Waals surface area contributed by atoms with E-state index in [4.69, 9.17) is 5.11 Å². The second kappa shape index (κ2) is 5.54. The van der Waals surface area contributed by atoms with E-state index in [9.17, 15) is 13.6 Å². The van der Waals surface area contributed by atoms with Gasteiger partial charge in [0.2, 0.25) is 0 Å². The number of hydrogen-bond donors (Lipinski definition) is 1. The zero-order valence-electron chi connectivity index (χ0n) is 10.8. The first kappa shape index (κ1) is 13.8. The van der Waals surface area contributed by atoms with Crippen LogP contribution in [0.2, 0.25) is 0 Å². The first-order valence-electron chi connectivity index (χ1n) is 7.00. The Morgan fingerprint density at radius 2 is 1.50 bits per heavy atom. The number of carbonyl (C=O) groups is 1. The fourth-order valence-corrected chi connectivity index (χ4v) is 3.65. The zero-order valence-corrected chi connectivity index (χ0v) is 10.8. The highest BCUT2D eigenvalue weighted by molar-refractivity contribution is 5.71. The summed E-state index contributed by atoms with van der Waals surface area (Å²) >= 11 is 0. The summed E-state index contributed by atoms with van der Waals surface area (Å²) in [5, 5.41) is 8.83. The molecule has 0 aromatic rings. The molecule has 0 aromatic carbocycles. The van der Waals surface area contributed by atoms with Gasteiger partial charge in [0.05, 0.1) is 0 Å². The first-order chi connectivity index (χ1) is 8.49. The van der Waals surface area contributed by atoms with Crippen molar-refractivity contribution in [3.8, 4) is 0 Å². The molecule has 0 saturated heterocycles. The molecule has 2 aliphatic rings. The van der Waals surface area contributed by atoms with Gasteiger partial charge in [-0.2, -0.15) is 0 Å². The second-order valence-corrected chi connectivity index (χ2v) is 6.15. The van der Waals surface area contributed by atoms with Gasteiger partial charge in [-0.25, -0.2) is 8.78 Å². The molecule has 0 radical (unpaired) electrons.